The van der Waals surface area contributed by atoms with Crippen LogP contribution >= 0.6 is 23.4 Å². The minimum atomic E-state index is -0.542. The largest absolute Gasteiger partial charge is 0.368 e. The lowest BCUT2D eigenvalue weighted by Crippen LogP contribution is -2.03. The molecule has 0 unspecified atom stereocenters. The van der Waals surface area contributed by atoms with E-state index in [9.17, 15) is 10.1 Å². The first-order chi connectivity index (χ1) is 9.02. The zero-order chi connectivity index (χ0) is 14.0. The molecule has 0 fully saturated rings. The van der Waals surface area contributed by atoms with Crippen molar-refractivity contribution in [2.45, 2.75) is 5.16 Å². The van der Waals surface area contributed by atoms with Gasteiger partial charge in [-0.15, -0.1) is 0 Å². The summed E-state index contributed by atoms with van der Waals surface area (Å²) >= 11 is 7.26. The monoisotopic (exact) mass is 297 g/mol. The number of thioether (sulfide) groups is 1. The number of hydrogen-bond acceptors (Lipinski definition) is 7. The Kier molecular flexibility index (Phi) is 3.82. The van der Waals surface area contributed by atoms with Crippen molar-refractivity contribution in [3.05, 3.63) is 33.3 Å². The fourth-order valence-corrected chi connectivity index (χ4v) is 2.08. The average molecular weight is 298 g/mol. The maximum Gasteiger partial charge on any atom is 0.281 e. The number of nitro groups is 1. The number of nitro benzene ring substituents is 1. The molecule has 1 aromatic heterocycles. The van der Waals surface area contributed by atoms with Gasteiger partial charge in [0.2, 0.25) is 5.95 Å². The van der Waals surface area contributed by atoms with Gasteiger partial charge in [0.15, 0.2) is 11.0 Å². The minimum Gasteiger partial charge on any atom is -0.368 e. The van der Waals surface area contributed by atoms with E-state index in [0.717, 1.165) is 0 Å². The van der Waals surface area contributed by atoms with Crippen molar-refractivity contribution in [3.63, 3.8) is 0 Å². The molecule has 1 aromatic carbocycles. The summed E-state index contributed by atoms with van der Waals surface area (Å²) in [6.45, 7) is 0. The Morgan fingerprint density at radius 3 is 2.74 bits per heavy atom. The van der Waals surface area contributed by atoms with Crippen LogP contribution in [0.4, 0.5) is 11.6 Å². The van der Waals surface area contributed by atoms with Gasteiger partial charge >= 0.3 is 0 Å². The number of nitrogens with two attached hydrogens (primary N) is 1. The lowest BCUT2D eigenvalue weighted by atomic mass is 10.1. The molecule has 0 atom stereocenters. The van der Waals surface area contributed by atoms with Crippen molar-refractivity contribution >= 4 is 35.0 Å². The highest BCUT2D eigenvalue weighted by Crippen LogP contribution is 2.34. The van der Waals surface area contributed by atoms with Crippen LogP contribution in [0.25, 0.3) is 11.4 Å². The highest BCUT2D eigenvalue weighted by atomic mass is 35.5. The molecule has 2 aromatic rings. The molecule has 0 saturated heterocycles. The van der Waals surface area contributed by atoms with Crippen LogP contribution in [0.15, 0.2) is 23.4 Å². The molecule has 0 saturated carbocycles. The normalized spacial score (nSPS) is 10.4. The Morgan fingerprint density at radius 2 is 2.11 bits per heavy atom. The molecular weight excluding hydrogens is 290 g/mol. The summed E-state index contributed by atoms with van der Waals surface area (Å²) in [6.07, 6.45) is 1.76. The summed E-state index contributed by atoms with van der Waals surface area (Å²) in [4.78, 5) is 22.4. The number of hydrogen-bond donors (Lipinski definition) is 1. The highest BCUT2D eigenvalue weighted by molar-refractivity contribution is 7.98. The number of benzene rings is 1. The molecule has 0 amide bonds. The first-order valence-electron chi connectivity index (χ1n) is 5.01. The number of nitrogen functional groups attached to an aromatic ring is 1. The second kappa shape index (κ2) is 5.37. The van der Waals surface area contributed by atoms with E-state index in [1.165, 1.54) is 30.0 Å². The maximum atomic E-state index is 11.0. The number of aromatic nitrogens is 3. The van der Waals surface area contributed by atoms with Gasteiger partial charge in [-0.1, -0.05) is 29.4 Å². The topological polar surface area (TPSA) is 108 Å². The maximum absolute atomic E-state index is 11.0. The molecule has 0 radical (unpaired) electrons. The first-order valence-corrected chi connectivity index (χ1v) is 6.62. The fraction of sp³-hybridized carbons (Fsp3) is 0.100. The molecule has 0 aliphatic heterocycles. The molecule has 0 aliphatic carbocycles. The molecule has 2 rings (SSSR count). The van der Waals surface area contributed by atoms with Crippen molar-refractivity contribution in [1.82, 2.24) is 15.0 Å². The smallest absolute Gasteiger partial charge is 0.281 e. The number of halogens is 1. The van der Waals surface area contributed by atoms with Crippen LogP contribution in [0.3, 0.4) is 0 Å². The summed E-state index contributed by atoms with van der Waals surface area (Å²) in [6, 6.07) is 4.35. The van der Waals surface area contributed by atoms with Gasteiger partial charge < -0.3 is 5.73 Å². The standard InChI is InChI=1S/C10H8ClN5O2S/c1-19-10-14-8(13-9(12)15-10)7-5(11)3-2-4-6(7)16(17)18/h2-4H,1H3,(H2,12,13,14,15). The van der Waals surface area contributed by atoms with E-state index in [0.29, 0.717) is 5.16 Å². The van der Waals surface area contributed by atoms with Crippen LogP contribution < -0.4 is 5.73 Å². The first kappa shape index (κ1) is 13.5. The minimum absolute atomic E-state index is 0.0106. The van der Waals surface area contributed by atoms with Gasteiger partial charge in [0.25, 0.3) is 5.69 Å². The third-order valence-electron chi connectivity index (χ3n) is 2.23. The molecule has 19 heavy (non-hydrogen) atoms. The predicted octanol–water partition coefficient (Wildman–Crippen LogP) is 2.40. The van der Waals surface area contributed by atoms with Crippen molar-refractivity contribution in [2.24, 2.45) is 0 Å². The van der Waals surface area contributed by atoms with Crippen molar-refractivity contribution < 1.29 is 4.92 Å². The highest BCUT2D eigenvalue weighted by Gasteiger charge is 2.21. The Labute approximate surface area is 117 Å². The molecule has 0 aliphatic rings. The Balaban J connectivity index is 2.71. The van der Waals surface area contributed by atoms with Gasteiger partial charge in [0, 0.05) is 6.07 Å². The van der Waals surface area contributed by atoms with Crippen molar-refractivity contribution in [1.29, 1.82) is 0 Å². The molecular formula is C10H8ClN5O2S. The lowest BCUT2D eigenvalue weighted by Gasteiger charge is -2.05. The van der Waals surface area contributed by atoms with E-state index >= 15 is 0 Å². The zero-order valence-electron chi connectivity index (χ0n) is 9.70. The van der Waals surface area contributed by atoms with Crippen LogP contribution in [-0.4, -0.2) is 26.1 Å². The molecule has 2 N–H and O–H groups in total. The fourth-order valence-electron chi connectivity index (χ4n) is 1.46. The van der Waals surface area contributed by atoms with E-state index < -0.39 is 4.92 Å². The molecule has 9 heteroatoms. The van der Waals surface area contributed by atoms with Gasteiger partial charge in [-0.3, -0.25) is 10.1 Å². The third-order valence-corrected chi connectivity index (χ3v) is 3.09. The van der Waals surface area contributed by atoms with Gasteiger partial charge in [-0.2, -0.15) is 9.97 Å². The Morgan fingerprint density at radius 1 is 1.37 bits per heavy atom. The van der Waals surface area contributed by atoms with Gasteiger partial charge in [-0.05, 0) is 12.3 Å². The zero-order valence-corrected chi connectivity index (χ0v) is 11.3. The van der Waals surface area contributed by atoms with Crippen LogP contribution in [0.2, 0.25) is 5.02 Å². The number of nitrogens with zero attached hydrogens (tertiary/aromatic N) is 4. The number of anilines is 1. The summed E-state index contributed by atoms with van der Waals surface area (Å²) in [5.74, 6) is 0.0812. The number of rotatable bonds is 3. The average Bonchev–Trinajstić information content (AvgIpc) is 2.37. The summed E-state index contributed by atoms with van der Waals surface area (Å²) < 4.78 is 0. The van der Waals surface area contributed by atoms with Crippen molar-refractivity contribution in [2.75, 3.05) is 12.0 Å². The molecule has 1 heterocycles. The van der Waals surface area contributed by atoms with E-state index in [-0.39, 0.29) is 28.0 Å². The molecule has 0 bridgehead atoms. The molecule has 98 valence electrons. The summed E-state index contributed by atoms with van der Waals surface area (Å²) in [7, 11) is 0. The van der Waals surface area contributed by atoms with E-state index in [1.807, 2.05) is 0 Å². The molecule has 7 nitrogen and oxygen atoms in total. The van der Waals surface area contributed by atoms with Crippen molar-refractivity contribution in [3.8, 4) is 11.4 Å². The lowest BCUT2D eigenvalue weighted by molar-refractivity contribution is -0.384. The molecule has 0 spiro atoms. The predicted molar refractivity (Wildman–Crippen MR) is 73.1 cm³/mol. The summed E-state index contributed by atoms with van der Waals surface area (Å²) in [5.41, 5.74) is 5.52. The second-order valence-corrected chi connectivity index (χ2v) is 4.58. The quantitative estimate of drug-likeness (QED) is 0.526. The van der Waals surface area contributed by atoms with Crippen LogP contribution in [0, 0.1) is 10.1 Å². The van der Waals surface area contributed by atoms with Crippen LogP contribution in [0.1, 0.15) is 0 Å². The van der Waals surface area contributed by atoms with Gasteiger partial charge in [-0.25, -0.2) is 4.98 Å². The van der Waals surface area contributed by atoms with E-state index in [4.69, 9.17) is 17.3 Å². The van der Waals surface area contributed by atoms with E-state index in [1.54, 1.807) is 6.26 Å². The second-order valence-electron chi connectivity index (χ2n) is 3.39. The van der Waals surface area contributed by atoms with Gasteiger partial charge in [0.05, 0.1) is 9.95 Å². The van der Waals surface area contributed by atoms with Gasteiger partial charge in [0.1, 0.15) is 5.56 Å². The summed E-state index contributed by atoms with van der Waals surface area (Å²) in [5, 5.41) is 11.6. The Bertz CT molecular complexity index is 652. The van der Waals surface area contributed by atoms with Crippen LogP contribution in [0.5, 0.6) is 0 Å². The SMILES string of the molecule is CSc1nc(N)nc(-c2c(Cl)cccc2[N+](=O)[O-])n1. The Hall–Kier alpha value is -1.93. The third kappa shape index (κ3) is 2.74. The van der Waals surface area contributed by atoms with E-state index in [2.05, 4.69) is 15.0 Å². The van der Waals surface area contributed by atoms with Crippen LogP contribution in [-0.2, 0) is 0 Å².